The highest BCUT2D eigenvalue weighted by Gasteiger charge is 2.29. The molecule has 1 saturated carbocycles. The van der Waals surface area contributed by atoms with Crippen LogP contribution in [0, 0.1) is 5.92 Å². The molecule has 0 bridgehead atoms. The number of fused-ring (bicyclic) bond motifs is 1. The van der Waals surface area contributed by atoms with E-state index >= 15 is 0 Å². The van der Waals surface area contributed by atoms with Gasteiger partial charge in [0.15, 0.2) is 0 Å². The number of benzene rings is 1. The van der Waals surface area contributed by atoms with Crippen molar-refractivity contribution in [1.29, 1.82) is 0 Å². The molecule has 0 aromatic heterocycles. The summed E-state index contributed by atoms with van der Waals surface area (Å²) in [4.78, 5) is 0. The predicted molar refractivity (Wildman–Crippen MR) is 81.2 cm³/mol. The molecule has 19 heavy (non-hydrogen) atoms. The van der Waals surface area contributed by atoms with Crippen molar-refractivity contribution in [3.05, 3.63) is 33.8 Å². The van der Waals surface area contributed by atoms with Crippen molar-refractivity contribution in [1.82, 2.24) is 5.32 Å². The second-order valence-corrected chi connectivity index (χ2v) is 6.85. The van der Waals surface area contributed by atoms with E-state index < -0.39 is 0 Å². The highest BCUT2D eigenvalue weighted by Crippen LogP contribution is 2.35. The summed E-state index contributed by atoms with van der Waals surface area (Å²) < 4.78 is 1.18. The van der Waals surface area contributed by atoms with Gasteiger partial charge < -0.3 is 10.4 Å². The topological polar surface area (TPSA) is 32.3 Å². The Morgan fingerprint density at radius 1 is 1.21 bits per heavy atom. The van der Waals surface area contributed by atoms with Crippen molar-refractivity contribution >= 4 is 15.9 Å². The van der Waals surface area contributed by atoms with Crippen molar-refractivity contribution in [2.24, 2.45) is 5.92 Å². The van der Waals surface area contributed by atoms with Gasteiger partial charge in [0.1, 0.15) is 0 Å². The summed E-state index contributed by atoms with van der Waals surface area (Å²) in [6.07, 6.45) is 7.33. The molecule has 0 spiro atoms. The van der Waals surface area contributed by atoms with Gasteiger partial charge in [0, 0.05) is 23.2 Å². The second kappa shape index (κ2) is 5.94. The summed E-state index contributed by atoms with van der Waals surface area (Å²) in [6, 6.07) is 7.63. The van der Waals surface area contributed by atoms with Crippen molar-refractivity contribution in [2.75, 3.05) is 6.61 Å². The van der Waals surface area contributed by atoms with Crippen molar-refractivity contribution < 1.29 is 5.11 Å². The maximum Gasteiger partial charge on any atom is 0.0474 e. The minimum absolute atomic E-state index is 0.331. The fraction of sp³-hybridized carbons (Fsp3) is 0.625. The Labute approximate surface area is 123 Å². The normalized spacial score (nSPS) is 30.3. The summed E-state index contributed by atoms with van der Waals surface area (Å²) in [6.45, 7) is 0.331. The number of hydrogen-bond donors (Lipinski definition) is 2. The van der Waals surface area contributed by atoms with Gasteiger partial charge in [-0.2, -0.15) is 0 Å². The number of halogens is 1. The van der Waals surface area contributed by atoms with Crippen molar-refractivity contribution in [2.45, 2.75) is 50.6 Å². The monoisotopic (exact) mass is 323 g/mol. The van der Waals surface area contributed by atoms with Crippen LogP contribution in [-0.2, 0) is 6.42 Å². The Balaban J connectivity index is 1.71. The van der Waals surface area contributed by atoms with E-state index in [0.29, 0.717) is 24.6 Å². The third-order valence-corrected chi connectivity index (χ3v) is 5.23. The molecule has 2 aliphatic rings. The van der Waals surface area contributed by atoms with Crippen LogP contribution in [0.4, 0.5) is 0 Å². The van der Waals surface area contributed by atoms with E-state index in [1.54, 1.807) is 0 Å². The largest absolute Gasteiger partial charge is 0.396 e. The maximum absolute atomic E-state index is 9.52. The molecule has 0 heterocycles. The van der Waals surface area contributed by atoms with Crippen LogP contribution in [0.15, 0.2) is 22.7 Å². The van der Waals surface area contributed by atoms with Gasteiger partial charge >= 0.3 is 0 Å². The molecule has 3 heteroatoms. The van der Waals surface area contributed by atoms with Crippen LogP contribution in [0.3, 0.4) is 0 Å². The Morgan fingerprint density at radius 3 is 2.89 bits per heavy atom. The first-order chi connectivity index (χ1) is 9.28. The lowest BCUT2D eigenvalue weighted by Gasteiger charge is -2.33. The van der Waals surface area contributed by atoms with E-state index in [4.69, 9.17) is 0 Å². The smallest absolute Gasteiger partial charge is 0.0474 e. The Bertz CT molecular complexity index is 448. The van der Waals surface area contributed by atoms with E-state index in [0.717, 1.165) is 0 Å². The molecule has 0 radical (unpaired) electrons. The third-order valence-electron chi connectivity index (χ3n) is 4.74. The zero-order valence-corrected chi connectivity index (χ0v) is 12.8. The Morgan fingerprint density at radius 2 is 2.05 bits per heavy atom. The maximum atomic E-state index is 9.52. The molecule has 2 N–H and O–H groups in total. The molecule has 3 unspecified atom stereocenters. The van der Waals surface area contributed by atoms with Gasteiger partial charge in [-0.1, -0.05) is 34.8 Å². The number of aliphatic hydroxyl groups is 1. The molecular weight excluding hydrogens is 302 g/mol. The summed E-state index contributed by atoms with van der Waals surface area (Å²) in [5, 5.41) is 13.3. The van der Waals surface area contributed by atoms with E-state index in [2.05, 4.69) is 39.4 Å². The number of aryl methyl sites for hydroxylation is 1. The molecule has 0 aliphatic heterocycles. The Kier molecular flexibility index (Phi) is 4.25. The van der Waals surface area contributed by atoms with E-state index in [1.165, 1.54) is 54.1 Å². The first-order valence-corrected chi connectivity index (χ1v) is 8.22. The molecular formula is C16H22BrNO. The molecule has 2 aliphatic carbocycles. The van der Waals surface area contributed by atoms with Crippen LogP contribution in [0.5, 0.6) is 0 Å². The van der Waals surface area contributed by atoms with Gasteiger partial charge in [0.25, 0.3) is 0 Å². The standard InChI is InChI=1S/C16H22BrNO/c17-13-6-7-14-11(9-13)5-8-16(14)18-15-4-2-1-3-12(15)10-19/h6-7,9,12,15-16,18-19H,1-5,8,10H2. The summed E-state index contributed by atoms with van der Waals surface area (Å²) >= 11 is 3.55. The van der Waals surface area contributed by atoms with Crippen LogP contribution in [0.1, 0.15) is 49.3 Å². The third kappa shape index (κ3) is 2.88. The van der Waals surface area contributed by atoms with E-state index in [1.807, 2.05) is 0 Å². The molecule has 1 aromatic carbocycles. The van der Waals surface area contributed by atoms with Gasteiger partial charge in [0.05, 0.1) is 0 Å². The average Bonchev–Trinajstić information content (AvgIpc) is 2.82. The van der Waals surface area contributed by atoms with Gasteiger partial charge in [-0.3, -0.25) is 0 Å². The van der Waals surface area contributed by atoms with Crippen LogP contribution < -0.4 is 5.32 Å². The predicted octanol–water partition coefficient (Wildman–Crippen LogP) is 3.58. The molecule has 1 fully saturated rings. The fourth-order valence-electron chi connectivity index (χ4n) is 3.66. The molecule has 0 amide bonds. The van der Waals surface area contributed by atoms with E-state index in [9.17, 15) is 5.11 Å². The van der Waals surface area contributed by atoms with Gasteiger partial charge in [-0.25, -0.2) is 0 Å². The zero-order valence-electron chi connectivity index (χ0n) is 11.2. The highest BCUT2D eigenvalue weighted by atomic mass is 79.9. The van der Waals surface area contributed by atoms with Crippen molar-refractivity contribution in [3.63, 3.8) is 0 Å². The SMILES string of the molecule is OCC1CCCCC1NC1CCc2cc(Br)ccc21. The van der Waals surface area contributed by atoms with Crippen molar-refractivity contribution in [3.8, 4) is 0 Å². The highest BCUT2D eigenvalue weighted by molar-refractivity contribution is 9.10. The molecule has 3 rings (SSSR count). The van der Waals surface area contributed by atoms with Gasteiger partial charge in [-0.05, 0) is 54.9 Å². The second-order valence-electron chi connectivity index (χ2n) is 5.93. The molecule has 3 atom stereocenters. The Hall–Kier alpha value is -0.380. The first kappa shape index (κ1) is 13.6. The van der Waals surface area contributed by atoms with Crippen LogP contribution in [0.2, 0.25) is 0 Å². The zero-order chi connectivity index (χ0) is 13.2. The van der Waals surface area contributed by atoms with Gasteiger partial charge in [-0.15, -0.1) is 0 Å². The lowest BCUT2D eigenvalue weighted by molar-refractivity contribution is 0.145. The quantitative estimate of drug-likeness (QED) is 0.891. The van der Waals surface area contributed by atoms with Crippen LogP contribution >= 0.6 is 15.9 Å². The summed E-state index contributed by atoms with van der Waals surface area (Å²) in [5.41, 5.74) is 2.94. The number of nitrogens with one attached hydrogen (secondary N) is 1. The molecule has 2 nitrogen and oxygen atoms in total. The number of aliphatic hydroxyl groups excluding tert-OH is 1. The summed E-state index contributed by atoms with van der Waals surface area (Å²) in [7, 11) is 0. The lowest BCUT2D eigenvalue weighted by Crippen LogP contribution is -2.41. The molecule has 0 saturated heterocycles. The minimum Gasteiger partial charge on any atom is -0.396 e. The van der Waals surface area contributed by atoms with E-state index in [-0.39, 0.29) is 0 Å². The fourth-order valence-corrected chi connectivity index (χ4v) is 4.07. The number of hydrogen-bond acceptors (Lipinski definition) is 2. The van der Waals surface area contributed by atoms with Crippen LogP contribution in [-0.4, -0.2) is 17.8 Å². The summed E-state index contributed by atoms with van der Waals surface area (Å²) in [5.74, 6) is 0.452. The van der Waals surface area contributed by atoms with Crippen LogP contribution in [0.25, 0.3) is 0 Å². The van der Waals surface area contributed by atoms with Gasteiger partial charge in [0.2, 0.25) is 0 Å². The molecule has 1 aromatic rings. The average molecular weight is 324 g/mol. The first-order valence-electron chi connectivity index (χ1n) is 7.43. The molecule has 104 valence electrons. The minimum atomic E-state index is 0.331. The number of rotatable bonds is 3. The lowest BCUT2D eigenvalue weighted by atomic mass is 9.84.